The fourth-order valence-electron chi connectivity index (χ4n) is 2.10. The van der Waals surface area contributed by atoms with E-state index < -0.39 is 22.9 Å². The van der Waals surface area contributed by atoms with E-state index in [9.17, 15) is 13.2 Å². The third-order valence-electron chi connectivity index (χ3n) is 3.38. The molecule has 1 saturated carbocycles. The molecule has 1 nitrogen and oxygen atoms in total. The SMILES string of the molecule is CC(C#N)(Cc1c(F)cc(F)cc1F)C1CC1. The minimum Gasteiger partial charge on any atom is -0.207 e. The van der Waals surface area contributed by atoms with Crippen molar-refractivity contribution in [2.75, 3.05) is 0 Å². The molecule has 0 aliphatic heterocycles. The molecule has 1 aromatic carbocycles. The van der Waals surface area contributed by atoms with Crippen LogP contribution in [0.3, 0.4) is 0 Å². The Morgan fingerprint density at radius 3 is 2.24 bits per heavy atom. The summed E-state index contributed by atoms with van der Waals surface area (Å²) in [7, 11) is 0. The highest BCUT2D eigenvalue weighted by Gasteiger charge is 2.42. The molecule has 0 heterocycles. The summed E-state index contributed by atoms with van der Waals surface area (Å²) in [5, 5.41) is 9.12. The molecule has 0 aromatic heterocycles. The zero-order chi connectivity index (χ0) is 12.6. The maximum absolute atomic E-state index is 13.5. The number of hydrogen-bond acceptors (Lipinski definition) is 1. The Bertz CT molecular complexity index is 465. The van der Waals surface area contributed by atoms with Crippen molar-refractivity contribution in [3.05, 3.63) is 35.1 Å². The molecule has 1 atom stereocenters. The van der Waals surface area contributed by atoms with Crippen LogP contribution in [0, 0.1) is 40.1 Å². The summed E-state index contributed by atoms with van der Waals surface area (Å²) in [6.07, 6.45) is 1.81. The van der Waals surface area contributed by atoms with Crippen LogP contribution < -0.4 is 0 Å². The Morgan fingerprint density at radius 1 is 1.29 bits per heavy atom. The molecule has 1 fully saturated rings. The number of hydrogen-bond donors (Lipinski definition) is 0. The second kappa shape index (κ2) is 4.06. The molecule has 1 aliphatic carbocycles. The van der Waals surface area contributed by atoms with Gasteiger partial charge in [0.1, 0.15) is 17.5 Å². The third-order valence-corrected chi connectivity index (χ3v) is 3.38. The highest BCUT2D eigenvalue weighted by molar-refractivity contribution is 5.25. The minimum atomic E-state index is -0.936. The molecule has 1 unspecified atom stereocenters. The molecular weight excluding hydrogens is 227 g/mol. The van der Waals surface area contributed by atoms with Gasteiger partial charge in [0.15, 0.2) is 0 Å². The van der Waals surface area contributed by atoms with E-state index in [0.29, 0.717) is 12.1 Å². The van der Waals surface area contributed by atoms with Crippen LogP contribution in [0.1, 0.15) is 25.3 Å². The van der Waals surface area contributed by atoms with E-state index in [-0.39, 0.29) is 17.9 Å². The van der Waals surface area contributed by atoms with Crippen molar-refractivity contribution in [1.82, 2.24) is 0 Å². The molecule has 0 spiro atoms. The van der Waals surface area contributed by atoms with Gasteiger partial charge in [-0.2, -0.15) is 5.26 Å². The molecule has 0 saturated heterocycles. The largest absolute Gasteiger partial charge is 0.207 e. The first-order chi connectivity index (χ1) is 7.96. The quantitative estimate of drug-likeness (QED) is 0.790. The smallest absolute Gasteiger partial charge is 0.132 e. The van der Waals surface area contributed by atoms with Crippen molar-refractivity contribution in [3.8, 4) is 6.07 Å². The average molecular weight is 239 g/mol. The Hall–Kier alpha value is -1.50. The molecule has 90 valence electrons. The Morgan fingerprint density at radius 2 is 1.82 bits per heavy atom. The topological polar surface area (TPSA) is 23.8 Å². The van der Waals surface area contributed by atoms with Crippen LogP contribution in [-0.2, 0) is 6.42 Å². The van der Waals surface area contributed by atoms with E-state index in [0.717, 1.165) is 12.8 Å². The summed E-state index contributed by atoms with van der Waals surface area (Å²) in [5.41, 5.74) is -0.957. The summed E-state index contributed by atoms with van der Waals surface area (Å²) in [4.78, 5) is 0. The van der Waals surface area contributed by atoms with Crippen molar-refractivity contribution in [2.45, 2.75) is 26.2 Å². The fourth-order valence-corrected chi connectivity index (χ4v) is 2.10. The molecule has 0 amide bonds. The van der Waals surface area contributed by atoms with Crippen molar-refractivity contribution < 1.29 is 13.2 Å². The second-order valence-corrected chi connectivity index (χ2v) is 4.83. The zero-order valence-corrected chi connectivity index (χ0v) is 9.43. The van der Waals surface area contributed by atoms with Crippen LogP contribution in [-0.4, -0.2) is 0 Å². The molecule has 0 N–H and O–H groups in total. The number of rotatable bonds is 3. The Kier molecular flexibility index (Phi) is 2.86. The zero-order valence-electron chi connectivity index (χ0n) is 9.43. The lowest BCUT2D eigenvalue weighted by Gasteiger charge is -2.21. The first-order valence-corrected chi connectivity index (χ1v) is 5.51. The number of halogens is 3. The number of benzene rings is 1. The maximum Gasteiger partial charge on any atom is 0.132 e. The Labute approximate surface area is 97.9 Å². The van der Waals surface area contributed by atoms with Crippen LogP contribution >= 0.6 is 0 Å². The molecule has 1 aromatic rings. The second-order valence-electron chi connectivity index (χ2n) is 4.83. The lowest BCUT2D eigenvalue weighted by molar-refractivity contribution is 0.361. The third kappa shape index (κ3) is 2.28. The van der Waals surface area contributed by atoms with Gasteiger partial charge in [-0.05, 0) is 32.1 Å². The normalized spacial score (nSPS) is 18.5. The number of nitriles is 1. The molecule has 1 aliphatic rings. The lowest BCUT2D eigenvalue weighted by Crippen LogP contribution is -2.21. The highest BCUT2D eigenvalue weighted by Crippen LogP contribution is 2.47. The molecule has 17 heavy (non-hydrogen) atoms. The van der Waals surface area contributed by atoms with Crippen molar-refractivity contribution in [3.63, 3.8) is 0 Å². The summed E-state index contributed by atoms with van der Waals surface area (Å²) in [5.74, 6) is -2.57. The summed E-state index contributed by atoms with van der Waals surface area (Å²) < 4.78 is 39.7. The average Bonchev–Trinajstić information content (AvgIpc) is 3.07. The van der Waals surface area contributed by atoms with E-state index >= 15 is 0 Å². The van der Waals surface area contributed by atoms with Crippen LogP contribution in [0.15, 0.2) is 12.1 Å². The van der Waals surface area contributed by atoms with Crippen molar-refractivity contribution in [2.24, 2.45) is 11.3 Å². The van der Waals surface area contributed by atoms with Gasteiger partial charge in [-0.3, -0.25) is 0 Å². The van der Waals surface area contributed by atoms with Gasteiger partial charge in [-0.15, -0.1) is 0 Å². The first kappa shape index (κ1) is 12.0. The molecule has 2 rings (SSSR count). The Balaban J connectivity index is 2.33. The molecule has 0 radical (unpaired) electrons. The van der Waals surface area contributed by atoms with E-state index in [2.05, 4.69) is 6.07 Å². The monoisotopic (exact) mass is 239 g/mol. The minimum absolute atomic E-state index is 0.00782. The van der Waals surface area contributed by atoms with Gasteiger partial charge in [-0.1, -0.05) is 0 Å². The molecule has 4 heteroatoms. The van der Waals surface area contributed by atoms with Gasteiger partial charge in [0.2, 0.25) is 0 Å². The van der Waals surface area contributed by atoms with Gasteiger partial charge in [-0.25, -0.2) is 13.2 Å². The van der Waals surface area contributed by atoms with E-state index in [1.165, 1.54) is 0 Å². The van der Waals surface area contributed by atoms with Gasteiger partial charge >= 0.3 is 0 Å². The van der Waals surface area contributed by atoms with Crippen molar-refractivity contribution >= 4 is 0 Å². The molecule has 0 bridgehead atoms. The van der Waals surface area contributed by atoms with Gasteiger partial charge in [0.05, 0.1) is 11.5 Å². The standard InChI is InChI=1S/C13H12F3N/c1-13(7-17,8-2-3-8)6-10-11(15)4-9(14)5-12(10)16/h4-5,8H,2-3,6H2,1H3. The van der Waals surface area contributed by atoms with Gasteiger partial charge in [0, 0.05) is 17.7 Å². The van der Waals surface area contributed by atoms with Gasteiger partial charge < -0.3 is 0 Å². The predicted molar refractivity (Wildman–Crippen MR) is 56.5 cm³/mol. The molecular formula is C13H12F3N. The van der Waals surface area contributed by atoms with Crippen LogP contribution in [0.4, 0.5) is 13.2 Å². The summed E-state index contributed by atoms with van der Waals surface area (Å²) in [6, 6.07) is 3.44. The maximum atomic E-state index is 13.5. The number of nitrogens with zero attached hydrogens (tertiary/aromatic N) is 1. The summed E-state index contributed by atoms with van der Waals surface area (Å²) in [6.45, 7) is 1.70. The van der Waals surface area contributed by atoms with Crippen LogP contribution in [0.5, 0.6) is 0 Å². The van der Waals surface area contributed by atoms with Crippen LogP contribution in [0.25, 0.3) is 0 Å². The first-order valence-electron chi connectivity index (χ1n) is 5.51. The van der Waals surface area contributed by atoms with E-state index in [4.69, 9.17) is 5.26 Å². The summed E-state index contributed by atoms with van der Waals surface area (Å²) >= 11 is 0. The predicted octanol–water partition coefficient (Wildman–Crippen LogP) is 3.59. The fraction of sp³-hybridized carbons (Fsp3) is 0.462. The van der Waals surface area contributed by atoms with Crippen LogP contribution in [0.2, 0.25) is 0 Å². The highest BCUT2D eigenvalue weighted by atomic mass is 19.1. The van der Waals surface area contributed by atoms with Gasteiger partial charge in [0.25, 0.3) is 0 Å². The van der Waals surface area contributed by atoms with E-state index in [1.807, 2.05) is 0 Å². The lowest BCUT2D eigenvalue weighted by atomic mass is 9.80. The van der Waals surface area contributed by atoms with Crippen molar-refractivity contribution in [1.29, 1.82) is 5.26 Å². The van der Waals surface area contributed by atoms with E-state index in [1.54, 1.807) is 6.92 Å².